The molecule has 0 heterocycles. The molecule has 7 nitrogen and oxygen atoms in total. The Morgan fingerprint density at radius 2 is 1.55 bits per heavy atom. The van der Waals surface area contributed by atoms with Crippen molar-refractivity contribution >= 4 is 18.0 Å². The molecule has 2 aromatic carbocycles. The predicted octanol–water partition coefficient (Wildman–Crippen LogP) is 3.43. The Morgan fingerprint density at radius 3 is 2.13 bits per heavy atom. The van der Waals surface area contributed by atoms with E-state index in [2.05, 4.69) is 22.8 Å². The summed E-state index contributed by atoms with van der Waals surface area (Å²) < 4.78 is 5.43. The molecule has 1 fully saturated rings. The third-order valence-electron chi connectivity index (χ3n) is 6.19. The van der Waals surface area contributed by atoms with Crippen molar-refractivity contribution in [3.63, 3.8) is 0 Å². The molecule has 1 saturated carbocycles. The van der Waals surface area contributed by atoms with Crippen LogP contribution in [-0.4, -0.2) is 41.8 Å². The molecule has 0 saturated heterocycles. The molecule has 162 valence electrons. The Kier molecular flexibility index (Phi) is 5.93. The van der Waals surface area contributed by atoms with Crippen LogP contribution < -0.4 is 10.6 Å². The lowest BCUT2D eigenvalue weighted by Crippen LogP contribution is -2.51. The monoisotopic (exact) mass is 422 g/mol. The third kappa shape index (κ3) is 4.55. The molecule has 31 heavy (non-hydrogen) atoms. The van der Waals surface area contributed by atoms with Gasteiger partial charge in [0.05, 0.1) is 12.0 Å². The molecule has 2 aliphatic rings. The quantitative estimate of drug-likeness (QED) is 0.634. The molecule has 0 radical (unpaired) electrons. The highest BCUT2D eigenvalue weighted by Gasteiger charge is 2.37. The number of alkyl carbamates (subject to hydrolysis) is 1. The van der Waals surface area contributed by atoms with E-state index in [1.165, 1.54) is 0 Å². The third-order valence-corrected chi connectivity index (χ3v) is 6.19. The Balaban J connectivity index is 1.31. The first kappa shape index (κ1) is 20.9. The van der Waals surface area contributed by atoms with Crippen molar-refractivity contribution in [2.24, 2.45) is 0 Å². The highest BCUT2D eigenvalue weighted by atomic mass is 16.5. The second-order valence-corrected chi connectivity index (χ2v) is 8.29. The van der Waals surface area contributed by atoms with E-state index < -0.39 is 23.5 Å². The number of amides is 2. The molecule has 0 atom stereocenters. The number of carbonyl (C=O) groups excluding carboxylic acids is 2. The fraction of sp³-hybridized carbons (Fsp3) is 0.375. The summed E-state index contributed by atoms with van der Waals surface area (Å²) in [5, 5.41) is 14.4. The van der Waals surface area contributed by atoms with E-state index in [0.717, 1.165) is 35.1 Å². The van der Waals surface area contributed by atoms with Crippen LogP contribution in [0.5, 0.6) is 0 Å². The number of carboxylic acids is 1. The van der Waals surface area contributed by atoms with E-state index in [4.69, 9.17) is 9.84 Å². The van der Waals surface area contributed by atoms with Crippen LogP contribution in [-0.2, 0) is 14.3 Å². The number of hydrogen-bond donors (Lipinski definition) is 3. The molecule has 4 rings (SSSR count). The van der Waals surface area contributed by atoms with Gasteiger partial charge in [0.2, 0.25) is 5.91 Å². The van der Waals surface area contributed by atoms with Gasteiger partial charge in [0.15, 0.2) is 0 Å². The number of nitrogens with one attached hydrogen (secondary N) is 2. The Hall–Kier alpha value is -3.35. The summed E-state index contributed by atoms with van der Waals surface area (Å²) in [7, 11) is 0. The van der Waals surface area contributed by atoms with Crippen molar-refractivity contribution < 1.29 is 24.2 Å². The van der Waals surface area contributed by atoms with Gasteiger partial charge in [0, 0.05) is 5.92 Å². The van der Waals surface area contributed by atoms with Crippen molar-refractivity contribution in [1.29, 1.82) is 0 Å². The minimum absolute atomic E-state index is 0.0516. The highest BCUT2D eigenvalue weighted by Crippen LogP contribution is 2.44. The van der Waals surface area contributed by atoms with Crippen molar-refractivity contribution in [3.8, 4) is 11.1 Å². The van der Waals surface area contributed by atoms with Crippen molar-refractivity contribution in [3.05, 3.63) is 59.7 Å². The summed E-state index contributed by atoms with van der Waals surface area (Å²) in [6, 6.07) is 16.1. The molecule has 7 heteroatoms. The minimum Gasteiger partial charge on any atom is -0.481 e. The average Bonchev–Trinajstić information content (AvgIpc) is 3.33. The molecule has 0 bridgehead atoms. The zero-order valence-corrected chi connectivity index (χ0v) is 17.2. The SMILES string of the molecule is O=C(O)CC1(NC(=O)CNC(=O)OCC2c3ccccc3-c3ccccc32)CCCC1. The maximum Gasteiger partial charge on any atom is 0.407 e. The Bertz CT molecular complexity index is 951. The van der Waals surface area contributed by atoms with Crippen molar-refractivity contribution in [2.45, 2.75) is 43.6 Å². The number of carbonyl (C=O) groups is 3. The topological polar surface area (TPSA) is 105 Å². The van der Waals surface area contributed by atoms with Crippen LogP contribution in [0.2, 0.25) is 0 Å². The van der Waals surface area contributed by atoms with Gasteiger partial charge in [-0.3, -0.25) is 9.59 Å². The van der Waals surface area contributed by atoms with Gasteiger partial charge in [0.1, 0.15) is 13.2 Å². The van der Waals surface area contributed by atoms with Gasteiger partial charge in [-0.1, -0.05) is 61.4 Å². The molecule has 2 aliphatic carbocycles. The van der Waals surface area contributed by atoms with E-state index in [9.17, 15) is 14.4 Å². The van der Waals surface area contributed by atoms with Gasteiger partial charge >= 0.3 is 12.1 Å². The van der Waals surface area contributed by atoms with Crippen LogP contribution in [0, 0.1) is 0 Å². The van der Waals surface area contributed by atoms with E-state index in [-0.39, 0.29) is 25.5 Å². The van der Waals surface area contributed by atoms with Gasteiger partial charge in [-0.2, -0.15) is 0 Å². The number of carboxylic acid groups (broad SMARTS) is 1. The predicted molar refractivity (Wildman–Crippen MR) is 115 cm³/mol. The molecule has 0 spiro atoms. The highest BCUT2D eigenvalue weighted by molar-refractivity contribution is 5.83. The summed E-state index contributed by atoms with van der Waals surface area (Å²) in [5.41, 5.74) is 3.81. The zero-order chi connectivity index (χ0) is 21.8. The number of benzene rings is 2. The van der Waals surface area contributed by atoms with Crippen LogP contribution in [0.25, 0.3) is 11.1 Å². The maximum absolute atomic E-state index is 12.3. The molecular weight excluding hydrogens is 396 g/mol. The van der Waals surface area contributed by atoms with Gasteiger partial charge < -0.3 is 20.5 Å². The van der Waals surface area contributed by atoms with E-state index >= 15 is 0 Å². The fourth-order valence-corrected chi connectivity index (χ4v) is 4.83. The summed E-state index contributed by atoms with van der Waals surface area (Å²) in [6.45, 7) is -0.0809. The first-order valence-corrected chi connectivity index (χ1v) is 10.6. The van der Waals surface area contributed by atoms with Gasteiger partial charge in [0.25, 0.3) is 0 Å². The lowest BCUT2D eigenvalue weighted by Gasteiger charge is -2.28. The lowest BCUT2D eigenvalue weighted by molar-refractivity contribution is -0.139. The van der Waals surface area contributed by atoms with Crippen LogP contribution >= 0.6 is 0 Å². The molecule has 0 unspecified atom stereocenters. The van der Waals surface area contributed by atoms with E-state index in [1.807, 2.05) is 36.4 Å². The fourth-order valence-electron chi connectivity index (χ4n) is 4.83. The van der Waals surface area contributed by atoms with E-state index in [0.29, 0.717) is 12.8 Å². The minimum atomic E-state index is -0.938. The maximum atomic E-state index is 12.3. The van der Waals surface area contributed by atoms with Gasteiger partial charge in [-0.25, -0.2) is 4.79 Å². The summed E-state index contributed by atoms with van der Waals surface area (Å²) >= 11 is 0. The second-order valence-electron chi connectivity index (χ2n) is 8.29. The normalized spacial score (nSPS) is 16.3. The number of ether oxygens (including phenoxy) is 1. The zero-order valence-electron chi connectivity index (χ0n) is 17.2. The molecule has 0 aromatic heterocycles. The Morgan fingerprint density at radius 1 is 0.968 bits per heavy atom. The van der Waals surface area contributed by atoms with Crippen LogP contribution in [0.3, 0.4) is 0 Å². The Labute approximate surface area is 180 Å². The second kappa shape index (κ2) is 8.79. The van der Waals surface area contributed by atoms with E-state index in [1.54, 1.807) is 0 Å². The first-order chi connectivity index (χ1) is 15.0. The number of rotatable bonds is 7. The average molecular weight is 422 g/mol. The summed E-state index contributed by atoms with van der Waals surface area (Å²) in [6.07, 6.45) is 2.26. The largest absolute Gasteiger partial charge is 0.481 e. The standard InChI is InChI=1S/C24H26N2O5/c27-21(26-24(13-22(28)29)11-5-6-12-24)14-25-23(30)31-15-20-18-9-3-1-7-16(18)17-8-2-4-10-19(17)20/h1-4,7-10,20H,5-6,11-15H2,(H,25,30)(H,26,27)(H,28,29). The molecule has 2 amide bonds. The summed E-state index contributed by atoms with van der Waals surface area (Å²) in [4.78, 5) is 35.7. The van der Waals surface area contributed by atoms with Crippen LogP contribution in [0.4, 0.5) is 4.79 Å². The molecular formula is C24H26N2O5. The molecule has 3 N–H and O–H groups in total. The summed E-state index contributed by atoms with van der Waals surface area (Å²) in [5.74, 6) is -1.40. The van der Waals surface area contributed by atoms with Crippen LogP contribution in [0.1, 0.15) is 49.1 Å². The number of aliphatic carboxylic acids is 1. The smallest absolute Gasteiger partial charge is 0.407 e. The van der Waals surface area contributed by atoms with Crippen molar-refractivity contribution in [2.75, 3.05) is 13.2 Å². The molecule has 0 aliphatic heterocycles. The van der Waals surface area contributed by atoms with Gasteiger partial charge in [-0.05, 0) is 35.1 Å². The number of hydrogen-bond acceptors (Lipinski definition) is 4. The van der Waals surface area contributed by atoms with Crippen LogP contribution in [0.15, 0.2) is 48.5 Å². The number of fused-ring (bicyclic) bond motifs is 3. The van der Waals surface area contributed by atoms with Gasteiger partial charge in [-0.15, -0.1) is 0 Å². The lowest BCUT2D eigenvalue weighted by atomic mass is 9.93. The molecule has 2 aromatic rings. The first-order valence-electron chi connectivity index (χ1n) is 10.6. The van der Waals surface area contributed by atoms with Crippen molar-refractivity contribution in [1.82, 2.24) is 10.6 Å².